The third kappa shape index (κ3) is 3.72. The van der Waals surface area contributed by atoms with Gasteiger partial charge in [0.1, 0.15) is 0 Å². The third-order valence-corrected chi connectivity index (χ3v) is 3.83. The number of benzene rings is 1. The van der Waals surface area contributed by atoms with Crippen LogP contribution in [0, 0.1) is 23.2 Å². The van der Waals surface area contributed by atoms with Crippen LogP contribution < -0.4 is 10.6 Å². The van der Waals surface area contributed by atoms with E-state index < -0.39 is 0 Å². The number of urea groups is 1. The Morgan fingerprint density at radius 1 is 1.40 bits per heavy atom. The molecule has 0 radical (unpaired) electrons. The first-order valence-electron chi connectivity index (χ1n) is 6.89. The summed E-state index contributed by atoms with van der Waals surface area (Å²) < 4.78 is 0. The molecule has 2 atom stereocenters. The molecule has 3 N–H and O–H groups in total. The van der Waals surface area contributed by atoms with E-state index in [2.05, 4.69) is 10.6 Å². The Balaban J connectivity index is 1.82. The van der Waals surface area contributed by atoms with Gasteiger partial charge < -0.3 is 15.7 Å². The molecule has 1 saturated carbocycles. The quantitative estimate of drug-likeness (QED) is 0.785. The van der Waals surface area contributed by atoms with Crippen molar-refractivity contribution in [2.45, 2.75) is 19.3 Å². The average molecular weight is 273 g/mol. The highest BCUT2D eigenvalue weighted by Gasteiger charge is 2.26. The Morgan fingerprint density at radius 3 is 2.95 bits per heavy atom. The molecule has 0 heterocycles. The standard InChI is InChI=1S/C15H19N3O2/c16-8-11-3-1-6-14(7-11)18-15(20)17-9-12-4-2-5-13(12)10-19/h1,3,6-7,12-13,19H,2,4-5,9-10H2,(H2,17,18,20). The minimum atomic E-state index is -0.274. The lowest BCUT2D eigenvalue weighted by molar-refractivity contribution is 0.192. The van der Waals surface area contributed by atoms with Gasteiger partial charge in [-0.25, -0.2) is 4.79 Å². The first kappa shape index (κ1) is 14.4. The average Bonchev–Trinajstić information content (AvgIpc) is 2.93. The highest BCUT2D eigenvalue weighted by Crippen LogP contribution is 2.30. The Hall–Kier alpha value is -2.06. The van der Waals surface area contributed by atoms with Crippen LogP contribution in [0.5, 0.6) is 0 Å². The van der Waals surface area contributed by atoms with E-state index in [0.717, 1.165) is 19.3 Å². The van der Waals surface area contributed by atoms with Crippen LogP contribution in [0.25, 0.3) is 0 Å². The topological polar surface area (TPSA) is 85.2 Å². The maximum atomic E-state index is 11.8. The van der Waals surface area contributed by atoms with Crippen molar-refractivity contribution >= 4 is 11.7 Å². The van der Waals surface area contributed by atoms with Gasteiger partial charge in [0.15, 0.2) is 0 Å². The second-order valence-corrected chi connectivity index (χ2v) is 5.16. The number of aliphatic hydroxyl groups excluding tert-OH is 1. The predicted octanol–water partition coefficient (Wildman–Crippen LogP) is 2.09. The highest BCUT2D eigenvalue weighted by atomic mass is 16.3. The van der Waals surface area contributed by atoms with Gasteiger partial charge in [-0.05, 0) is 42.9 Å². The second-order valence-electron chi connectivity index (χ2n) is 5.16. The monoisotopic (exact) mass is 273 g/mol. The number of anilines is 1. The second kappa shape index (κ2) is 6.92. The minimum absolute atomic E-state index is 0.193. The van der Waals surface area contributed by atoms with Gasteiger partial charge in [-0.15, -0.1) is 0 Å². The van der Waals surface area contributed by atoms with Crippen molar-refractivity contribution in [3.05, 3.63) is 29.8 Å². The lowest BCUT2D eigenvalue weighted by Crippen LogP contribution is -2.34. The maximum absolute atomic E-state index is 11.8. The minimum Gasteiger partial charge on any atom is -0.396 e. The summed E-state index contributed by atoms with van der Waals surface area (Å²) in [6.07, 6.45) is 3.20. The molecule has 1 aromatic carbocycles. The number of carbonyl (C=O) groups excluding carboxylic acids is 1. The van der Waals surface area contributed by atoms with Crippen LogP contribution in [-0.2, 0) is 0 Å². The van der Waals surface area contributed by atoms with E-state index in [0.29, 0.717) is 29.6 Å². The molecule has 5 heteroatoms. The molecule has 0 bridgehead atoms. The number of hydrogen-bond acceptors (Lipinski definition) is 3. The molecule has 20 heavy (non-hydrogen) atoms. The van der Waals surface area contributed by atoms with E-state index >= 15 is 0 Å². The fourth-order valence-corrected chi connectivity index (χ4v) is 2.69. The zero-order chi connectivity index (χ0) is 14.4. The molecular weight excluding hydrogens is 254 g/mol. The van der Waals surface area contributed by atoms with E-state index in [1.807, 2.05) is 6.07 Å². The van der Waals surface area contributed by atoms with Crippen molar-refractivity contribution in [3.8, 4) is 6.07 Å². The third-order valence-electron chi connectivity index (χ3n) is 3.83. The molecule has 1 aromatic rings. The Kier molecular flexibility index (Phi) is 4.97. The van der Waals surface area contributed by atoms with Crippen molar-refractivity contribution in [1.82, 2.24) is 5.32 Å². The number of nitrogens with zero attached hydrogens (tertiary/aromatic N) is 1. The molecular formula is C15H19N3O2. The molecule has 0 spiro atoms. The van der Waals surface area contributed by atoms with Gasteiger partial charge >= 0.3 is 6.03 Å². The van der Waals surface area contributed by atoms with Crippen LogP contribution in [0.1, 0.15) is 24.8 Å². The number of carbonyl (C=O) groups is 1. The van der Waals surface area contributed by atoms with E-state index in [4.69, 9.17) is 5.26 Å². The Morgan fingerprint density at radius 2 is 2.20 bits per heavy atom. The number of amides is 2. The molecule has 1 aliphatic carbocycles. The van der Waals surface area contributed by atoms with E-state index in [1.165, 1.54) is 0 Å². The SMILES string of the molecule is N#Cc1cccc(NC(=O)NCC2CCCC2CO)c1. The van der Waals surface area contributed by atoms with Crippen LogP contribution in [0.3, 0.4) is 0 Å². The van der Waals surface area contributed by atoms with Gasteiger partial charge in [-0.3, -0.25) is 0 Å². The van der Waals surface area contributed by atoms with Crippen LogP contribution in [0.15, 0.2) is 24.3 Å². The lowest BCUT2D eigenvalue weighted by atomic mass is 9.97. The van der Waals surface area contributed by atoms with Crippen LogP contribution >= 0.6 is 0 Å². The summed E-state index contributed by atoms with van der Waals surface area (Å²) in [5.74, 6) is 0.661. The van der Waals surface area contributed by atoms with Crippen LogP contribution in [-0.4, -0.2) is 24.3 Å². The largest absolute Gasteiger partial charge is 0.396 e. The van der Waals surface area contributed by atoms with Crippen molar-refractivity contribution in [3.63, 3.8) is 0 Å². The van der Waals surface area contributed by atoms with E-state index in [-0.39, 0.29) is 12.6 Å². The summed E-state index contributed by atoms with van der Waals surface area (Å²) in [6.45, 7) is 0.771. The number of nitrogens with one attached hydrogen (secondary N) is 2. The number of hydrogen-bond donors (Lipinski definition) is 3. The zero-order valence-electron chi connectivity index (χ0n) is 11.3. The maximum Gasteiger partial charge on any atom is 0.319 e. The summed E-state index contributed by atoms with van der Waals surface area (Å²) in [5.41, 5.74) is 1.12. The summed E-state index contributed by atoms with van der Waals surface area (Å²) in [7, 11) is 0. The molecule has 106 valence electrons. The number of aliphatic hydroxyl groups is 1. The lowest BCUT2D eigenvalue weighted by Gasteiger charge is -2.18. The van der Waals surface area contributed by atoms with Gasteiger partial charge in [0.25, 0.3) is 0 Å². The fraction of sp³-hybridized carbons (Fsp3) is 0.467. The molecule has 1 fully saturated rings. The molecule has 2 unspecified atom stereocenters. The molecule has 0 aromatic heterocycles. The van der Waals surface area contributed by atoms with Gasteiger partial charge in [0.05, 0.1) is 11.6 Å². The molecule has 5 nitrogen and oxygen atoms in total. The van der Waals surface area contributed by atoms with Crippen molar-refractivity contribution in [2.75, 3.05) is 18.5 Å². The van der Waals surface area contributed by atoms with Crippen LogP contribution in [0.2, 0.25) is 0 Å². The predicted molar refractivity (Wildman–Crippen MR) is 76.1 cm³/mol. The van der Waals surface area contributed by atoms with Crippen molar-refractivity contribution in [2.24, 2.45) is 11.8 Å². The first-order valence-corrected chi connectivity index (χ1v) is 6.89. The zero-order valence-corrected chi connectivity index (χ0v) is 11.3. The summed E-state index contributed by atoms with van der Waals surface area (Å²) in [5, 5.41) is 23.6. The highest BCUT2D eigenvalue weighted by molar-refractivity contribution is 5.89. The summed E-state index contributed by atoms with van der Waals surface area (Å²) in [6, 6.07) is 8.55. The smallest absolute Gasteiger partial charge is 0.319 e. The van der Waals surface area contributed by atoms with Gasteiger partial charge in [-0.1, -0.05) is 12.5 Å². The van der Waals surface area contributed by atoms with Crippen LogP contribution in [0.4, 0.5) is 10.5 Å². The van der Waals surface area contributed by atoms with E-state index in [9.17, 15) is 9.90 Å². The molecule has 2 amide bonds. The molecule has 0 saturated heterocycles. The molecule has 2 rings (SSSR count). The van der Waals surface area contributed by atoms with Gasteiger partial charge in [-0.2, -0.15) is 5.26 Å². The van der Waals surface area contributed by atoms with Gasteiger partial charge in [0.2, 0.25) is 0 Å². The van der Waals surface area contributed by atoms with Crippen molar-refractivity contribution in [1.29, 1.82) is 5.26 Å². The Bertz CT molecular complexity index is 510. The summed E-state index contributed by atoms with van der Waals surface area (Å²) in [4.78, 5) is 11.8. The summed E-state index contributed by atoms with van der Waals surface area (Å²) >= 11 is 0. The first-order chi connectivity index (χ1) is 9.72. The number of nitriles is 1. The molecule has 0 aliphatic heterocycles. The Labute approximate surface area is 118 Å². The number of rotatable bonds is 4. The van der Waals surface area contributed by atoms with E-state index in [1.54, 1.807) is 24.3 Å². The van der Waals surface area contributed by atoms with Crippen molar-refractivity contribution < 1.29 is 9.90 Å². The normalized spacial score (nSPS) is 21.2. The van der Waals surface area contributed by atoms with Gasteiger partial charge in [0, 0.05) is 18.8 Å². The fourth-order valence-electron chi connectivity index (χ4n) is 2.69. The molecule has 1 aliphatic rings.